The van der Waals surface area contributed by atoms with Crippen molar-refractivity contribution in [2.75, 3.05) is 0 Å². The Kier molecular flexibility index (Phi) is 1.15. The summed E-state index contributed by atoms with van der Waals surface area (Å²) in [5.41, 5.74) is 2.67. The standard InChI is InChI=1S/C7H8N4/c1-5-3-6-7(8-4-5)10-11(2)9-6/h3-4H,1-2H3. The number of aromatic nitrogens is 4. The van der Waals surface area contributed by atoms with E-state index in [1.807, 2.05) is 13.0 Å². The summed E-state index contributed by atoms with van der Waals surface area (Å²) in [5.74, 6) is 0. The Bertz CT molecular complexity index is 390. The first-order chi connectivity index (χ1) is 5.25. The van der Waals surface area contributed by atoms with Crippen LogP contribution in [0, 0.1) is 6.92 Å². The van der Waals surface area contributed by atoms with E-state index in [-0.39, 0.29) is 0 Å². The third-order valence-corrected chi connectivity index (χ3v) is 1.48. The molecule has 0 N–H and O–H groups in total. The molecule has 0 aliphatic carbocycles. The van der Waals surface area contributed by atoms with E-state index >= 15 is 0 Å². The number of aryl methyl sites for hydroxylation is 2. The van der Waals surface area contributed by atoms with Crippen molar-refractivity contribution < 1.29 is 0 Å². The fraction of sp³-hybridized carbons (Fsp3) is 0.286. The van der Waals surface area contributed by atoms with Crippen LogP contribution in [-0.4, -0.2) is 20.0 Å². The van der Waals surface area contributed by atoms with Gasteiger partial charge in [0, 0.05) is 13.2 Å². The Morgan fingerprint density at radius 1 is 1.36 bits per heavy atom. The smallest absolute Gasteiger partial charge is 0.201 e. The second-order valence-corrected chi connectivity index (χ2v) is 2.54. The van der Waals surface area contributed by atoms with Gasteiger partial charge in [0.25, 0.3) is 0 Å². The summed E-state index contributed by atoms with van der Waals surface area (Å²) in [6.45, 7) is 1.99. The summed E-state index contributed by atoms with van der Waals surface area (Å²) >= 11 is 0. The molecule has 2 aromatic heterocycles. The lowest BCUT2D eigenvalue weighted by molar-refractivity contribution is 0.663. The van der Waals surface area contributed by atoms with Crippen LogP contribution >= 0.6 is 0 Å². The fourth-order valence-corrected chi connectivity index (χ4v) is 1.01. The van der Waals surface area contributed by atoms with Crippen LogP contribution < -0.4 is 0 Å². The van der Waals surface area contributed by atoms with Gasteiger partial charge >= 0.3 is 0 Å². The number of hydrogen-bond acceptors (Lipinski definition) is 3. The summed E-state index contributed by atoms with van der Waals surface area (Å²) < 4.78 is 0. The Morgan fingerprint density at radius 2 is 2.18 bits per heavy atom. The molecule has 0 fully saturated rings. The van der Waals surface area contributed by atoms with Crippen LogP contribution in [0.15, 0.2) is 12.3 Å². The largest absolute Gasteiger partial charge is 0.233 e. The Morgan fingerprint density at radius 3 is 3.00 bits per heavy atom. The molecule has 4 heteroatoms. The zero-order chi connectivity index (χ0) is 7.84. The number of rotatable bonds is 0. The molecule has 2 aromatic rings. The predicted molar refractivity (Wildman–Crippen MR) is 41.0 cm³/mol. The van der Waals surface area contributed by atoms with Crippen LogP contribution in [-0.2, 0) is 7.05 Å². The second kappa shape index (κ2) is 2.02. The third kappa shape index (κ3) is 0.960. The van der Waals surface area contributed by atoms with Crippen molar-refractivity contribution >= 4 is 11.2 Å². The molecule has 0 aliphatic rings. The van der Waals surface area contributed by atoms with E-state index in [4.69, 9.17) is 0 Å². The van der Waals surface area contributed by atoms with E-state index < -0.39 is 0 Å². The highest BCUT2D eigenvalue weighted by Crippen LogP contribution is 2.05. The maximum Gasteiger partial charge on any atom is 0.201 e. The van der Waals surface area contributed by atoms with Gasteiger partial charge in [-0.1, -0.05) is 0 Å². The zero-order valence-corrected chi connectivity index (χ0v) is 6.44. The number of nitrogens with zero attached hydrogens (tertiary/aromatic N) is 4. The molecule has 0 aliphatic heterocycles. The molecule has 0 atom stereocenters. The lowest BCUT2D eigenvalue weighted by atomic mass is 10.3. The summed E-state index contributed by atoms with van der Waals surface area (Å²) in [5, 5.41) is 8.17. The lowest BCUT2D eigenvalue weighted by Crippen LogP contribution is -1.90. The van der Waals surface area contributed by atoms with Crippen LogP contribution in [0.25, 0.3) is 11.2 Å². The van der Waals surface area contributed by atoms with Crippen molar-refractivity contribution in [1.29, 1.82) is 0 Å². The number of hydrogen-bond donors (Lipinski definition) is 0. The minimum absolute atomic E-state index is 0.707. The maximum atomic E-state index is 4.12. The van der Waals surface area contributed by atoms with E-state index in [0.29, 0.717) is 5.65 Å². The summed E-state index contributed by atoms with van der Waals surface area (Å²) in [6, 6.07) is 1.97. The average molecular weight is 148 g/mol. The van der Waals surface area contributed by atoms with Crippen molar-refractivity contribution in [2.45, 2.75) is 6.92 Å². The molecule has 0 bridgehead atoms. The highest BCUT2D eigenvalue weighted by molar-refractivity contribution is 5.68. The number of fused-ring (bicyclic) bond motifs is 1. The molecule has 2 rings (SSSR count). The highest BCUT2D eigenvalue weighted by Gasteiger charge is 1.99. The number of pyridine rings is 1. The van der Waals surface area contributed by atoms with Gasteiger partial charge in [-0.2, -0.15) is 9.90 Å². The van der Waals surface area contributed by atoms with Gasteiger partial charge < -0.3 is 0 Å². The van der Waals surface area contributed by atoms with Gasteiger partial charge in [0.15, 0.2) is 0 Å². The van der Waals surface area contributed by atoms with Gasteiger partial charge in [0.05, 0.1) is 0 Å². The molecular formula is C7H8N4. The average Bonchev–Trinajstić information content (AvgIpc) is 2.27. The van der Waals surface area contributed by atoms with E-state index in [1.165, 1.54) is 4.80 Å². The molecule has 0 radical (unpaired) electrons. The molecule has 0 aromatic carbocycles. The van der Waals surface area contributed by atoms with Crippen LogP contribution in [0.2, 0.25) is 0 Å². The van der Waals surface area contributed by atoms with E-state index in [9.17, 15) is 0 Å². The van der Waals surface area contributed by atoms with Crippen molar-refractivity contribution in [1.82, 2.24) is 20.0 Å². The van der Waals surface area contributed by atoms with Crippen LogP contribution in [0.4, 0.5) is 0 Å². The zero-order valence-electron chi connectivity index (χ0n) is 6.44. The normalized spacial score (nSPS) is 10.7. The van der Waals surface area contributed by atoms with Gasteiger partial charge in [-0.05, 0) is 18.6 Å². The van der Waals surface area contributed by atoms with Crippen LogP contribution in [0.5, 0.6) is 0 Å². The summed E-state index contributed by atoms with van der Waals surface area (Å²) in [4.78, 5) is 5.63. The van der Waals surface area contributed by atoms with Gasteiger partial charge in [0.2, 0.25) is 5.65 Å². The van der Waals surface area contributed by atoms with Crippen LogP contribution in [0.3, 0.4) is 0 Å². The molecule has 56 valence electrons. The Balaban J connectivity index is 2.82. The first-order valence-corrected chi connectivity index (χ1v) is 3.39. The molecule has 0 spiro atoms. The Hall–Kier alpha value is -1.45. The molecular weight excluding hydrogens is 140 g/mol. The minimum atomic E-state index is 0.707. The molecule has 0 saturated heterocycles. The first kappa shape index (κ1) is 6.27. The monoisotopic (exact) mass is 148 g/mol. The maximum absolute atomic E-state index is 4.12. The molecule has 2 heterocycles. The van der Waals surface area contributed by atoms with Gasteiger partial charge in [-0.15, -0.1) is 5.10 Å². The summed E-state index contributed by atoms with van der Waals surface area (Å²) in [6.07, 6.45) is 1.79. The SMILES string of the molecule is Cc1cnc2nn(C)nc2c1. The third-order valence-electron chi connectivity index (χ3n) is 1.48. The van der Waals surface area contributed by atoms with E-state index in [2.05, 4.69) is 15.2 Å². The van der Waals surface area contributed by atoms with E-state index in [1.54, 1.807) is 13.2 Å². The van der Waals surface area contributed by atoms with Gasteiger partial charge in [-0.3, -0.25) is 0 Å². The highest BCUT2D eigenvalue weighted by atomic mass is 15.5. The molecule has 4 nitrogen and oxygen atoms in total. The Labute approximate surface area is 63.9 Å². The molecule has 0 unspecified atom stereocenters. The van der Waals surface area contributed by atoms with Crippen molar-refractivity contribution in [3.8, 4) is 0 Å². The van der Waals surface area contributed by atoms with Crippen molar-refractivity contribution in [3.63, 3.8) is 0 Å². The molecule has 0 saturated carbocycles. The summed E-state index contributed by atoms with van der Waals surface area (Å²) in [7, 11) is 1.79. The van der Waals surface area contributed by atoms with Crippen molar-refractivity contribution in [3.05, 3.63) is 17.8 Å². The minimum Gasteiger partial charge on any atom is -0.233 e. The fourth-order valence-electron chi connectivity index (χ4n) is 1.01. The first-order valence-electron chi connectivity index (χ1n) is 3.39. The quantitative estimate of drug-likeness (QED) is 0.551. The molecule has 0 amide bonds. The lowest BCUT2D eigenvalue weighted by Gasteiger charge is -1.86. The van der Waals surface area contributed by atoms with Crippen molar-refractivity contribution in [2.24, 2.45) is 7.05 Å². The topological polar surface area (TPSA) is 43.6 Å². The predicted octanol–water partition coefficient (Wildman–Crippen LogP) is 0.672. The van der Waals surface area contributed by atoms with Gasteiger partial charge in [-0.25, -0.2) is 4.98 Å². The van der Waals surface area contributed by atoms with Gasteiger partial charge in [0.1, 0.15) is 5.52 Å². The second-order valence-electron chi connectivity index (χ2n) is 2.54. The van der Waals surface area contributed by atoms with E-state index in [0.717, 1.165) is 11.1 Å². The molecule has 11 heavy (non-hydrogen) atoms. The van der Waals surface area contributed by atoms with Crippen LogP contribution in [0.1, 0.15) is 5.56 Å².